The van der Waals surface area contributed by atoms with Crippen molar-refractivity contribution in [2.24, 2.45) is 4.99 Å². The molecule has 0 amide bonds. The highest BCUT2D eigenvalue weighted by Crippen LogP contribution is 2.43. The molecule has 3 aliphatic rings. The zero-order valence-electron chi connectivity index (χ0n) is 15.6. The zero-order valence-corrected chi connectivity index (χ0v) is 15.6. The van der Waals surface area contributed by atoms with E-state index in [9.17, 15) is 0 Å². The molecule has 1 aromatic heterocycles. The van der Waals surface area contributed by atoms with Crippen LogP contribution in [0.25, 0.3) is 0 Å². The minimum absolute atomic E-state index is 0.0581. The Kier molecular flexibility index (Phi) is 4.08. The molecule has 0 radical (unpaired) electrons. The smallest absolute Gasteiger partial charge is 0.132 e. The van der Waals surface area contributed by atoms with E-state index < -0.39 is 0 Å². The van der Waals surface area contributed by atoms with Crippen molar-refractivity contribution in [1.29, 1.82) is 0 Å². The Bertz CT molecular complexity index is 886. The second kappa shape index (κ2) is 6.60. The predicted molar refractivity (Wildman–Crippen MR) is 104 cm³/mol. The average Bonchev–Trinajstić information content (AvgIpc) is 3.38. The van der Waals surface area contributed by atoms with Gasteiger partial charge in [0.05, 0.1) is 31.2 Å². The van der Waals surface area contributed by atoms with E-state index in [2.05, 4.69) is 40.0 Å². The fourth-order valence-corrected chi connectivity index (χ4v) is 3.80. The minimum Gasteiger partial charge on any atom is -0.487 e. The standard InChI is InChI=1S/C21H24N4O2/c1-2-21(5-6-21)27-16-4-3-15-13-22-20(17(15)11-16)18-12-19(24-14-23-18)25-7-9-26-10-8-25/h3-4,11-12,14H,2,5-10,13H2,1H3. The molecule has 6 heteroatoms. The number of aliphatic imine (C=N–C) groups is 1. The van der Waals surface area contributed by atoms with Crippen molar-refractivity contribution in [3.8, 4) is 5.75 Å². The van der Waals surface area contributed by atoms with E-state index in [4.69, 9.17) is 14.5 Å². The second-order valence-corrected chi connectivity index (χ2v) is 7.48. The summed E-state index contributed by atoms with van der Waals surface area (Å²) in [6.07, 6.45) is 4.99. The topological polar surface area (TPSA) is 59.8 Å². The number of ether oxygens (including phenoxy) is 2. The van der Waals surface area contributed by atoms with Gasteiger partial charge in [-0.2, -0.15) is 0 Å². The molecule has 1 aliphatic carbocycles. The Balaban J connectivity index is 1.43. The molecule has 2 aliphatic heterocycles. The summed E-state index contributed by atoms with van der Waals surface area (Å²) in [4.78, 5) is 16.0. The van der Waals surface area contributed by atoms with Gasteiger partial charge in [-0.3, -0.25) is 4.99 Å². The van der Waals surface area contributed by atoms with Crippen LogP contribution in [-0.4, -0.2) is 47.6 Å². The van der Waals surface area contributed by atoms with E-state index in [1.165, 1.54) is 5.56 Å². The number of rotatable bonds is 5. The van der Waals surface area contributed by atoms with Gasteiger partial charge in [0.1, 0.15) is 23.5 Å². The van der Waals surface area contributed by atoms with Crippen molar-refractivity contribution in [3.63, 3.8) is 0 Å². The third-order valence-corrected chi connectivity index (χ3v) is 5.76. The molecule has 0 spiro atoms. The van der Waals surface area contributed by atoms with Crippen LogP contribution in [0.1, 0.15) is 43.0 Å². The molecule has 2 aromatic rings. The molecule has 0 atom stereocenters. The summed E-state index contributed by atoms with van der Waals surface area (Å²) in [7, 11) is 0. The third kappa shape index (κ3) is 3.18. The number of hydrogen-bond donors (Lipinski definition) is 0. The molecule has 1 aromatic carbocycles. The highest BCUT2D eigenvalue weighted by molar-refractivity contribution is 6.14. The van der Waals surface area contributed by atoms with Crippen LogP contribution in [0.15, 0.2) is 35.6 Å². The average molecular weight is 364 g/mol. The van der Waals surface area contributed by atoms with E-state index in [0.717, 1.165) is 74.1 Å². The van der Waals surface area contributed by atoms with Gasteiger partial charge in [0.2, 0.25) is 0 Å². The summed E-state index contributed by atoms with van der Waals surface area (Å²) in [6, 6.07) is 8.39. The SMILES string of the molecule is CCC1(Oc2ccc3c(c2)C(c2cc(N4CCOCC4)ncn2)=NC3)CC1. The van der Waals surface area contributed by atoms with Crippen molar-refractivity contribution in [1.82, 2.24) is 9.97 Å². The Morgan fingerprint density at radius 2 is 2.00 bits per heavy atom. The molecule has 6 nitrogen and oxygen atoms in total. The normalized spacial score (nSPS) is 20.2. The molecular formula is C21H24N4O2. The van der Waals surface area contributed by atoms with Gasteiger partial charge in [-0.25, -0.2) is 9.97 Å². The Morgan fingerprint density at radius 1 is 1.15 bits per heavy atom. The van der Waals surface area contributed by atoms with Crippen molar-refractivity contribution in [3.05, 3.63) is 47.4 Å². The van der Waals surface area contributed by atoms with Crippen LogP contribution in [0.4, 0.5) is 5.82 Å². The molecule has 0 unspecified atom stereocenters. The second-order valence-electron chi connectivity index (χ2n) is 7.48. The molecule has 0 bridgehead atoms. The maximum atomic E-state index is 6.28. The summed E-state index contributed by atoms with van der Waals surface area (Å²) < 4.78 is 11.7. The highest BCUT2D eigenvalue weighted by atomic mass is 16.5. The molecule has 3 heterocycles. The van der Waals surface area contributed by atoms with Crippen molar-refractivity contribution < 1.29 is 9.47 Å². The number of fused-ring (bicyclic) bond motifs is 1. The lowest BCUT2D eigenvalue weighted by molar-refractivity contribution is 0.122. The molecule has 0 N–H and O–H groups in total. The van der Waals surface area contributed by atoms with E-state index in [1.54, 1.807) is 6.33 Å². The van der Waals surface area contributed by atoms with Crippen LogP contribution >= 0.6 is 0 Å². The molecule has 27 heavy (non-hydrogen) atoms. The van der Waals surface area contributed by atoms with Crippen LogP contribution < -0.4 is 9.64 Å². The molecular weight excluding hydrogens is 340 g/mol. The van der Waals surface area contributed by atoms with Gasteiger partial charge in [-0.1, -0.05) is 13.0 Å². The van der Waals surface area contributed by atoms with Gasteiger partial charge in [0.25, 0.3) is 0 Å². The highest BCUT2D eigenvalue weighted by Gasteiger charge is 2.43. The number of nitrogens with zero attached hydrogens (tertiary/aromatic N) is 4. The fourth-order valence-electron chi connectivity index (χ4n) is 3.80. The molecule has 5 rings (SSSR count). The van der Waals surface area contributed by atoms with Gasteiger partial charge in [0, 0.05) is 24.7 Å². The van der Waals surface area contributed by atoms with Crippen molar-refractivity contribution in [2.45, 2.75) is 38.3 Å². The Labute approximate surface area is 159 Å². The molecule has 1 saturated carbocycles. The largest absolute Gasteiger partial charge is 0.487 e. The van der Waals surface area contributed by atoms with Crippen LogP contribution in [0.3, 0.4) is 0 Å². The van der Waals surface area contributed by atoms with Crippen molar-refractivity contribution in [2.75, 3.05) is 31.2 Å². The number of benzene rings is 1. The third-order valence-electron chi connectivity index (χ3n) is 5.76. The lowest BCUT2D eigenvalue weighted by atomic mass is 10.0. The minimum atomic E-state index is 0.0581. The van der Waals surface area contributed by atoms with Crippen LogP contribution in [-0.2, 0) is 11.3 Å². The first-order chi connectivity index (χ1) is 13.3. The quantitative estimate of drug-likeness (QED) is 0.816. The Hall–Kier alpha value is -2.47. The van der Waals surface area contributed by atoms with Gasteiger partial charge in [-0.05, 0) is 37.0 Å². The fraction of sp³-hybridized carbons (Fsp3) is 0.476. The maximum absolute atomic E-state index is 6.28. The van der Waals surface area contributed by atoms with Gasteiger partial charge in [0.15, 0.2) is 0 Å². The zero-order chi connectivity index (χ0) is 18.3. The van der Waals surface area contributed by atoms with E-state index in [-0.39, 0.29) is 5.60 Å². The van der Waals surface area contributed by atoms with Gasteiger partial charge >= 0.3 is 0 Å². The van der Waals surface area contributed by atoms with E-state index in [0.29, 0.717) is 6.54 Å². The molecule has 2 fully saturated rings. The van der Waals surface area contributed by atoms with Crippen LogP contribution in [0, 0.1) is 0 Å². The van der Waals surface area contributed by atoms with E-state index in [1.807, 2.05) is 6.07 Å². The number of anilines is 1. The molecule has 1 saturated heterocycles. The Morgan fingerprint density at radius 3 is 2.78 bits per heavy atom. The summed E-state index contributed by atoms with van der Waals surface area (Å²) >= 11 is 0. The van der Waals surface area contributed by atoms with Crippen LogP contribution in [0.2, 0.25) is 0 Å². The van der Waals surface area contributed by atoms with Gasteiger partial charge in [-0.15, -0.1) is 0 Å². The number of aromatic nitrogens is 2. The number of morpholine rings is 1. The van der Waals surface area contributed by atoms with Crippen LogP contribution in [0.5, 0.6) is 5.75 Å². The predicted octanol–water partition coefficient (Wildman–Crippen LogP) is 2.99. The first kappa shape index (κ1) is 16.7. The lowest BCUT2D eigenvalue weighted by Gasteiger charge is -2.27. The monoisotopic (exact) mass is 364 g/mol. The number of hydrogen-bond acceptors (Lipinski definition) is 6. The summed E-state index contributed by atoms with van der Waals surface area (Å²) in [6.45, 7) is 6.08. The van der Waals surface area contributed by atoms with Gasteiger partial charge < -0.3 is 14.4 Å². The summed E-state index contributed by atoms with van der Waals surface area (Å²) in [5.74, 6) is 1.87. The summed E-state index contributed by atoms with van der Waals surface area (Å²) in [5, 5.41) is 0. The van der Waals surface area contributed by atoms with Crippen molar-refractivity contribution >= 4 is 11.5 Å². The molecule has 140 valence electrons. The lowest BCUT2D eigenvalue weighted by Crippen LogP contribution is -2.36. The first-order valence-electron chi connectivity index (χ1n) is 9.78. The maximum Gasteiger partial charge on any atom is 0.132 e. The first-order valence-corrected chi connectivity index (χ1v) is 9.78. The summed E-state index contributed by atoms with van der Waals surface area (Å²) in [5.41, 5.74) is 4.23. The van der Waals surface area contributed by atoms with E-state index >= 15 is 0 Å².